The van der Waals surface area contributed by atoms with Gasteiger partial charge in [0.15, 0.2) is 0 Å². The number of hydrogen-bond donors (Lipinski definition) is 0. The number of carbonyl (C=O) groups excluding carboxylic acids is 9. The number of cyclic esters (lactones) is 9. The van der Waals surface area contributed by atoms with Crippen LogP contribution >= 0.6 is 0 Å². The van der Waals surface area contributed by atoms with E-state index in [9.17, 15) is 43.2 Å². The van der Waals surface area contributed by atoms with Crippen LogP contribution in [-0.4, -0.2) is 199 Å². The van der Waals surface area contributed by atoms with Gasteiger partial charge in [-0.3, -0.25) is 43.2 Å². The van der Waals surface area contributed by atoms with Gasteiger partial charge in [0.05, 0.1) is 178 Å². The Hall–Kier alpha value is -11.9. The molecule has 18 rings (SSSR count). The molecule has 0 radical (unpaired) electrons. The molecule has 9 aliphatic heterocycles. The second-order valence-electron chi connectivity index (χ2n) is 32.3. The molecule has 0 bridgehead atoms. The Labute approximate surface area is 839 Å². The first-order valence-electron chi connectivity index (χ1n) is 60.6. The van der Waals surface area contributed by atoms with E-state index in [0.29, 0.717) is 61.3 Å². The van der Waals surface area contributed by atoms with Crippen molar-refractivity contribution in [3.05, 3.63) is 164 Å². The number of rotatable bonds is 27. The predicted molar refractivity (Wildman–Crippen MR) is 496 cm³/mol. The van der Waals surface area contributed by atoms with Crippen LogP contribution in [0.15, 0.2) is 113 Å². The van der Waals surface area contributed by atoms with Crippen LogP contribution in [0.5, 0.6) is 0 Å². The molecule has 18 heterocycles. The summed E-state index contributed by atoms with van der Waals surface area (Å²) in [5, 5.41) is 0. The van der Waals surface area contributed by atoms with Gasteiger partial charge in [-0.25, -0.2) is 44.9 Å². The number of aromatic nitrogens is 18. The number of carbonyl (C=O) groups is 9. The minimum atomic E-state index is -2.51. The fourth-order valence-electron chi connectivity index (χ4n) is 15.7. The molecule has 36 heteroatoms. The van der Waals surface area contributed by atoms with Gasteiger partial charge >= 0.3 is 53.7 Å². The van der Waals surface area contributed by atoms with E-state index in [1.807, 2.05) is 51.0 Å². The number of aryl methyl sites for hydroxylation is 9. The van der Waals surface area contributed by atoms with Crippen LogP contribution in [0, 0.1) is 106 Å². The molecule has 9 fully saturated rings. The summed E-state index contributed by atoms with van der Waals surface area (Å²) in [5.41, 5.74) is 5.61. The zero-order valence-corrected chi connectivity index (χ0v) is 78.6. The third-order valence-electron chi connectivity index (χ3n) is 23.7. The second-order valence-corrected chi connectivity index (χ2v) is 32.3. The van der Waals surface area contributed by atoms with Crippen molar-refractivity contribution in [2.75, 3.05) is 59.3 Å². The highest BCUT2D eigenvalue weighted by Gasteiger charge is 2.43. The minimum absolute atomic E-state index is 0.00345. The Morgan fingerprint density at radius 3 is 0.741 bits per heavy atom. The highest BCUT2D eigenvalue weighted by Crippen LogP contribution is 2.36. The van der Waals surface area contributed by atoms with Crippen molar-refractivity contribution >= 4 is 53.7 Å². The smallest absolute Gasteiger partial charge is 0.309 e. The second kappa shape index (κ2) is 51.7. The maximum Gasteiger partial charge on any atom is 0.309 e. The van der Waals surface area contributed by atoms with Gasteiger partial charge in [0, 0.05) is 260 Å². The van der Waals surface area contributed by atoms with Gasteiger partial charge in [-0.15, -0.1) is 0 Å². The standard InChI is InChI=1S/9C11H16N2O2/c9*1-3-10-8(6-15-11(10)14)4-9-5-12-7-13(9)2/h9*5,7-8,10H,3-4,6H2,1-2H3/t9*8-,10-/m000000000/s1/i2D3,3D2,8D,10D;3D2,8D,10D;3D2,6D2,10D;2D3,8D,10D;8D,10D;6D2,10D;2D3,8D;8D;6D2. The van der Waals surface area contributed by atoms with Crippen LogP contribution in [-0.2, 0) is 207 Å². The average molecular weight is 1910 g/mol. The van der Waals surface area contributed by atoms with E-state index < -0.39 is 203 Å². The van der Waals surface area contributed by atoms with E-state index in [1.165, 1.54) is 43.8 Å². The summed E-state index contributed by atoms with van der Waals surface area (Å²) < 4.78 is 316. The van der Waals surface area contributed by atoms with Crippen LogP contribution < -0.4 is 0 Å². The van der Waals surface area contributed by atoms with Crippen molar-refractivity contribution in [2.24, 2.45) is 169 Å². The molecule has 9 aromatic rings. The lowest BCUT2D eigenvalue weighted by Crippen LogP contribution is -2.18. The Balaban J connectivity index is 0.000000191. The topological polar surface area (TPSA) is 397 Å². The summed E-state index contributed by atoms with van der Waals surface area (Å²) in [6.07, 6.45) is 23.9. The van der Waals surface area contributed by atoms with Crippen LogP contribution in [0.2, 0.25) is 0 Å². The highest BCUT2D eigenvalue weighted by molar-refractivity contribution is 5.78. The molecule has 0 unspecified atom stereocenters. The molecule has 0 spiro atoms. The average Bonchev–Trinajstić information content (AvgIpc) is 1.57. The Morgan fingerprint density at radius 1 is 0.259 bits per heavy atom. The first-order chi connectivity index (χ1) is 77.1. The number of esters is 9. The Morgan fingerprint density at radius 2 is 0.467 bits per heavy atom. The number of imidazole rings is 9. The van der Waals surface area contributed by atoms with Crippen molar-refractivity contribution in [3.8, 4) is 0 Å². The van der Waals surface area contributed by atoms with Gasteiger partial charge in [-0.2, -0.15) is 0 Å². The van der Waals surface area contributed by atoms with Crippen LogP contribution in [0.25, 0.3) is 0 Å². The van der Waals surface area contributed by atoms with Gasteiger partial charge in [0.25, 0.3) is 0 Å². The van der Waals surface area contributed by atoms with Crippen LogP contribution in [0.4, 0.5) is 0 Å². The maximum atomic E-state index is 11.9. The summed E-state index contributed by atoms with van der Waals surface area (Å²) in [4.78, 5) is 140. The molecule has 9 aliphatic rings. The van der Waals surface area contributed by atoms with E-state index in [4.69, 9.17) is 83.1 Å². The summed E-state index contributed by atoms with van der Waals surface area (Å²) in [6, 6.07) is 0. The van der Waals surface area contributed by atoms with Crippen molar-refractivity contribution in [1.82, 2.24) is 86.0 Å². The maximum absolute atomic E-state index is 11.9. The number of ether oxygens (including phenoxy) is 9. The summed E-state index contributed by atoms with van der Waals surface area (Å²) in [5.74, 6) is -30.1. The zero-order chi connectivity index (χ0) is 127. The molecule has 9 aromatic heterocycles. The van der Waals surface area contributed by atoms with E-state index in [-0.39, 0.29) is 120 Å². The number of hydrogen-bond acceptors (Lipinski definition) is 27. The molecule has 18 atom stereocenters. The molecule has 0 amide bonds. The predicted octanol–water partition coefficient (Wildman–Crippen LogP) is 10.5. The van der Waals surface area contributed by atoms with Crippen LogP contribution in [0.1, 0.15) is 216 Å². The molecule has 9 saturated heterocycles. The van der Waals surface area contributed by atoms with Gasteiger partial charge in [-0.1, -0.05) is 62.3 Å². The van der Waals surface area contributed by atoms with Crippen molar-refractivity contribution in [1.29, 1.82) is 0 Å². The molecule has 0 N–H and O–H groups in total. The van der Waals surface area contributed by atoms with Crippen molar-refractivity contribution in [3.63, 3.8) is 0 Å². The molecule has 36 nitrogen and oxygen atoms in total. The quantitative estimate of drug-likeness (QED) is 0.0341. The molecule has 0 aliphatic carbocycles. The van der Waals surface area contributed by atoms with E-state index in [2.05, 4.69) is 49.6 Å². The van der Waals surface area contributed by atoms with E-state index >= 15 is 0 Å². The monoisotopic (exact) mass is 1910 g/mol. The Kier molecular flexibility index (Phi) is 25.8. The molecule has 0 aromatic carbocycles. The fraction of sp³-hybridized carbons (Fsp3) is 0.636. The van der Waals surface area contributed by atoms with Gasteiger partial charge in [-0.05, 0) is 115 Å². The first-order valence-corrected chi connectivity index (χ1v) is 44.1. The fourth-order valence-corrected chi connectivity index (χ4v) is 15.7. The van der Waals surface area contributed by atoms with Crippen molar-refractivity contribution < 1.29 is 131 Å². The van der Waals surface area contributed by atoms with Gasteiger partial charge in [0.2, 0.25) is 0 Å². The van der Waals surface area contributed by atoms with Gasteiger partial charge < -0.3 is 83.7 Å². The molecular weight excluding hydrogens is 1730 g/mol. The molecule has 0 saturated carbocycles. The third-order valence-corrected chi connectivity index (χ3v) is 23.7. The molecule has 135 heavy (non-hydrogen) atoms. The lowest BCUT2D eigenvalue weighted by atomic mass is 9.89. The SMILES string of the molecule is [2H]C([2H])(C)[C@]1([2H])C(=O)OC[C@]1([2H])Cc1cncn1C.[2H]C([2H])([2H])n1cncc1C[C@@]1([2H])COC(=O)[C@@]1([2H])C([2H])([2H])C.[2H]C([2H])([2H])n1cncc1C[C@@]1([2H])COC(=O)[C@@]1([2H])CC.[2H]C([2H])([2H])n1cncc1C[C@@]1([2H])COC(=O)[C@H]1CC.[2H]C1([2H])OC(=O)[C@@H](CC)[C@H]1Cc1cncn1C.[2H]C1([2H])OC(=O)[C@@]([2H])(C([2H])([2H])C)[C@H]1Cc1cncn1C.[2H]C1([2H])OC(=O)[C@@]([2H])(CC)[C@H]1Cc1cncn1C.[2H][C@]1(Cc2cncn2C)COC(=O)[C@@]1([2H])CC.[2H][C@]1(Cc2cncn2C)COC(=O)[C@H]1CC. The van der Waals surface area contributed by atoms with E-state index in [0.717, 1.165) is 63.6 Å². The molecule has 738 valence electrons. The summed E-state index contributed by atoms with van der Waals surface area (Å²) >= 11 is 0. The van der Waals surface area contributed by atoms with Crippen molar-refractivity contribution in [2.45, 2.75) is 178 Å². The Bertz CT molecular complexity index is 6960. The largest absolute Gasteiger partial charge is 0.465 e. The summed E-state index contributed by atoms with van der Waals surface area (Å²) in [7, 11) is 10.8. The molecular formula is C99H144N18O18. The number of nitrogens with zero attached hydrogens (tertiary/aromatic N) is 18. The zero-order valence-electron chi connectivity index (χ0n) is 112. The highest BCUT2D eigenvalue weighted by atomic mass is 16.6. The lowest BCUT2D eigenvalue weighted by molar-refractivity contribution is -0.142. The van der Waals surface area contributed by atoms with E-state index in [1.54, 1.807) is 123 Å². The lowest BCUT2D eigenvalue weighted by Gasteiger charge is -2.12. The normalized spacial score (nSPS) is 37.4. The van der Waals surface area contributed by atoms with Crippen LogP contribution in [0.3, 0.4) is 0 Å². The third kappa shape index (κ3) is 28.4. The van der Waals surface area contributed by atoms with Gasteiger partial charge in [0.1, 0.15) is 0 Å². The minimum Gasteiger partial charge on any atom is -0.465 e. The first kappa shape index (κ1) is 67.3. The summed E-state index contributed by atoms with van der Waals surface area (Å²) in [6.45, 7) is -0.421.